The third kappa shape index (κ3) is 8.20. The molecule has 4 heteroatoms. The molecular weight excluding hydrogens is 424 g/mol. The van der Waals surface area contributed by atoms with E-state index in [9.17, 15) is 0 Å². The molecule has 2 aliphatic rings. The Hall–Kier alpha value is -1.72. The minimum Gasteiger partial charge on any atom is -0.384 e. The van der Waals surface area contributed by atoms with Crippen LogP contribution in [-0.4, -0.2) is 53.9 Å². The molecule has 0 amide bonds. The lowest BCUT2D eigenvalue weighted by atomic mass is 9.84. The largest absolute Gasteiger partial charge is 0.384 e. The highest BCUT2D eigenvalue weighted by Crippen LogP contribution is 2.31. The van der Waals surface area contributed by atoms with Crippen LogP contribution in [0.15, 0.2) is 36.4 Å². The molecule has 2 saturated heterocycles. The molecule has 190 valence electrons. The van der Waals surface area contributed by atoms with Gasteiger partial charge in [0.1, 0.15) is 0 Å². The number of ether oxygens (including phenoxy) is 4. The first-order chi connectivity index (χ1) is 16.2. The Morgan fingerprint density at radius 2 is 0.882 bits per heavy atom. The van der Waals surface area contributed by atoms with Gasteiger partial charge in [-0.3, -0.25) is 0 Å². The smallest absolute Gasteiger partial charge is 0.0566 e. The van der Waals surface area contributed by atoms with Gasteiger partial charge in [0, 0.05) is 25.0 Å². The summed E-state index contributed by atoms with van der Waals surface area (Å²) in [5.74, 6) is 0. The number of aryl methyl sites for hydroxylation is 4. The van der Waals surface area contributed by atoms with E-state index in [0.717, 1.165) is 39.6 Å². The number of benzene rings is 2. The number of rotatable bonds is 7. The number of methoxy groups -OCH3 is 2. The van der Waals surface area contributed by atoms with Gasteiger partial charge in [-0.1, -0.05) is 72.5 Å². The van der Waals surface area contributed by atoms with E-state index in [1.54, 1.807) is 14.2 Å². The van der Waals surface area contributed by atoms with Crippen LogP contribution in [-0.2, 0) is 18.9 Å². The fourth-order valence-corrected chi connectivity index (χ4v) is 4.46. The molecule has 0 aliphatic carbocycles. The number of hydrogen-bond donors (Lipinski definition) is 0. The van der Waals surface area contributed by atoms with Gasteiger partial charge in [0.05, 0.1) is 39.6 Å². The molecule has 0 saturated carbocycles. The van der Waals surface area contributed by atoms with Crippen molar-refractivity contribution in [2.75, 3.05) is 53.9 Å². The highest BCUT2D eigenvalue weighted by molar-refractivity contribution is 5.66. The molecule has 4 rings (SSSR count). The zero-order chi connectivity index (χ0) is 25.2. The van der Waals surface area contributed by atoms with E-state index in [1.165, 1.54) is 46.2 Å². The maximum absolute atomic E-state index is 5.10. The molecule has 2 aromatic carbocycles. The van der Waals surface area contributed by atoms with Crippen molar-refractivity contribution in [3.8, 4) is 11.1 Å². The minimum atomic E-state index is 0.370. The lowest BCUT2D eigenvalue weighted by Crippen LogP contribution is -2.45. The van der Waals surface area contributed by atoms with Gasteiger partial charge in [0.25, 0.3) is 0 Å². The first kappa shape index (κ1) is 28.5. The Balaban J connectivity index is 0.000000194. The van der Waals surface area contributed by atoms with Gasteiger partial charge in [-0.15, -0.1) is 0 Å². The van der Waals surface area contributed by atoms with E-state index >= 15 is 0 Å². The minimum absolute atomic E-state index is 0.370. The second kappa shape index (κ2) is 13.4. The van der Waals surface area contributed by atoms with Crippen molar-refractivity contribution in [2.24, 2.45) is 10.8 Å². The highest BCUT2D eigenvalue weighted by atomic mass is 16.5. The molecule has 0 unspecified atom stereocenters. The zero-order valence-electron chi connectivity index (χ0n) is 22.8. The molecule has 2 aliphatic heterocycles. The second-order valence-corrected chi connectivity index (χ2v) is 10.3. The van der Waals surface area contributed by atoms with Crippen LogP contribution < -0.4 is 0 Å². The van der Waals surface area contributed by atoms with Crippen molar-refractivity contribution in [3.63, 3.8) is 0 Å². The summed E-state index contributed by atoms with van der Waals surface area (Å²) in [6.07, 6.45) is 2.34. The lowest BCUT2D eigenvalue weighted by molar-refractivity contribution is -0.144. The first-order valence-corrected chi connectivity index (χ1v) is 12.5. The average molecular weight is 471 g/mol. The van der Waals surface area contributed by atoms with E-state index in [4.69, 9.17) is 18.9 Å². The van der Waals surface area contributed by atoms with Crippen molar-refractivity contribution in [2.45, 2.75) is 54.4 Å². The Morgan fingerprint density at radius 3 is 1.03 bits per heavy atom. The molecule has 0 radical (unpaired) electrons. The van der Waals surface area contributed by atoms with E-state index in [-0.39, 0.29) is 0 Å². The third-order valence-corrected chi connectivity index (χ3v) is 6.81. The van der Waals surface area contributed by atoms with Gasteiger partial charge < -0.3 is 18.9 Å². The normalized spacial score (nSPS) is 17.3. The summed E-state index contributed by atoms with van der Waals surface area (Å²) in [6, 6.07) is 13.4. The Kier molecular flexibility index (Phi) is 11.2. The van der Waals surface area contributed by atoms with E-state index in [2.05, 4.69) is 77.9 Å². The lowest BCUT2D eigenvalue weighted by Gasteiger charge is -2.39. The molecule has 2 heterocycles. The Morgan fingerprint density at radius 1 is 0.588 bits per heavy atom. The molecule has 0 bridgehead atoms. The van der Waals surface area contributed by atoms with Crippen LogP contribution in [0, 0.1) is 38.5 Å². The summed E-state index contributed by atoms with van der Waals surface area (Å²) in [5.41, 5.74) is 8.70. The topological polar surface area (TPSA) is 36.9 Å². The molecule has 0 spiro atoms. The van der Waals surface area contributed by atoms with E-state index in [0.29, 0.717) is 10.8 Å². The molecule has 0 aromatic heterocycles. The monoisotopic (exact) mass is 470 g/mol. The summed E-state index contributed by atoms with van der Waals surface area (Å²) in [5, 5.41) is 0. The van der Waals surface area contributed by atoms with Crippen molar-refractivity contribution in [1.82, 2.24) is 0 Å². The molecule has 2 aromatic rings. The fraction of sp³-hybridized carbons (Fsp3) is 0.600. The van der Waals surface area contributed by atoms with Crippen LogP contribution in [0.3, 0.4) is 0 Å². The quantitative estimate of drug-likeness (QED) is 0.451. The predicted octanol–water partition coefficient (Wildman–Crippen LogP) is 6.71. The number of hydrogen-bond acceptors (Lipinski definition) is 4. The van der Waals surface area contributed by atoms with E-state index in [1.807, 2.05) is 0 Å². The average Bonchev–Trinajstić information content (AvgIpc) is 2.73. The maximum atomic E-state index is 5.10. The molecule has 4 nitrogen and oxygen atoms in total. The molecule has 34 heavy (non-hydrogen) atoms. The van der Waals surface area contributed by atoms with Crippen molar-refractivity contribution in [3.05, 3.63) is 58.7 Å². The van der Waals surface area contributed by atoms with Crippen LogP contribution in [0.25, 0.3) is 11.1 Å². The molecule has 0 atom stereocenters. The summed E-state index contributed by atoms with van der Waals surface area (Å²) in [7, 11) is 3.49. The Bertz CT molecular complexity index is 756. The van der Waals surface area contributed by atoms with Gasteiger partial charge in [-0.25, -0.2) is 0 Å². The Labute approximate surface area is 208 Å². The summed E-state index contributed by atoms with van der Waals surface area (Å²) in [4.78, 5) is 0. The van der Waals surface area contributed by atoms with Gasteiger partial charge in [0.2, 0.25) is 0 Å². The predicted molar refractivity (Wildman–Crippen MR) is 142 cm³/mol. The van der Waals surface area contributed by atoms with E-state index < -0.39 is 0 Å². The standard InChI is InChI=1S/C16H18.2C7H14O2/c1-11-5-12(2)8-15(7-11)16-9-13(3)6-14(4)10-16;2*1-3-7(4-8-2)5-9-6-7/h5-10H,1-4H3;2*3-6H2,1-2H3. The SMILES string of the molecule is CCC1(COC)COC1.CCC1(COC)COC1.Cc1cc(C)cc(-c2cc(C)cc(C)c2)c1. The van der Waals surface area contributed by atoms with Gasteiger partial charge in [-0.05, 0) is 51.7 Å². The van der Waals surface area contributed by atoms with Crippen LogP contribution in [0.2, 0.25) is 0 Å². The van der Waals surface area contributed by atoms with Crippen LogP contribution in [0.5, 0.6) is 0 Å². The van der Waals surface area contributed by atoms with Crippen molar-refractivity contribution in [1.29, 1.82) is 0 Å². The van der Waals surface area contributed by atoms with Gasteiger partial charge in [0.15, 0.2) is 0 Å². The fourth-order valence-electron chi connectivity index (χ4n) is 4.46. The highest BCUT2D eigenvalue weighted by Gasteiger charge is 2.37. The van der Waals surface area contributed by atoms with Gasteiger partial charge >= 0.3 is 0 Å². The van der Waals surface area contributed by atoms with Crippen molar-refractivity contribution >= 4 is 0 Å². The first-order valence-electron chi connectivity index (χ1n) is 12.5. The molecule has 2 fully saturated rings. The van der Waals surface area contributed by atoms with Crippen molar-refractivity contribution < 1.29 is 18.9 Å². The van der Waals surface area contributed by atoms with Gasteiger partial charge in [-0.2, -0.15) is 0 Å². The summed E-state index contributed by atoms with van der Waals surface area (Å²) in [6.45, 7) is 18.2. The zero-order valence-corrected chi connectivity index (χ0v) is 22.8. The second-order valence-electron chi connectivity index (χ2n) is 10.3. The van der Waals surface area contributed by atoms with Crippen LogP contribution in [0.1, 0.15) is 48.9 Å². The molecular formula is C30H46O4. The van der Waals surface area contributed by atoms with Crippen LogP contribution in [0.4, 0.5) is 0 Å². The third-order valence-electron chi connectivity index (χ3n) is 6.81. The molecule has 0 N–H and O–H groups in total. The summed E-state index contributed by atoms with van der Waals surface area (Å²) >= 11 is 0. The maximum Gasteiger partial charge on any atom is 0.0566 e. The summed E-state index contributed by atoms with van der Waals surface area (Å²) < 4.78 is 20.3. The van der Waals surface area contributed by atoms with Crippen LogP contribution >= 0.6 is 0 Å².